The Bertz CT molecular complexity index is 302. The van der Waals surface area contributed by atoms with Gasteiger partial charge in [0.05, 0.1) is 6.10 Å². The van der Waals surface area contributed by atoms with Gasteiger partial charge in [0.1, 0.15) is 6.10 Å². The first-order chi connectivity index (χ1) is 6.80. The van der Waals surface area contributed by atoms with Gasteiger partial charge in [0.2, 0.25) is 0 Å². The predicted molar refractivity (Wildman–Crippen MR) is 55.1 cm³/mol. The summed E-state index contributed by atoms with van der Waals surface area (Å²) in [6.07, 6.45) is 0.198. The van der Waals surface area contributed by atoms with Crippen LogP contribution in [0.2, 0.25) is 0 Å². The Morgan fingerprint density at radius 3 is 2.47 bits per heavy atom. The van der Waals surface area contributed by atoms with Crippen molar-refractivity contribution in [2.24, 2.45) is 22.5 Å². The molecule has 2 aliphatic rings. The zero-order chi connectivity index (χ0) is 11.4. The summed E-state index contributed by atoms with van der Waals surface area (Å²) >= 11 is 0. The molecule has 0 aromatic rings. The fourth-order valence-electron chi connectivity index (χ4n) is 3.53. The molecule has 0 heterocycles. The van der Waals surface area contributed by atoms with Gasteiger partial charge >= 0.3 is 6.09 Å². The molecule has 3 N–H and O–H groups in total. The minimum atomic E-state index is -0.786. The monoisotopic (exact) mass is 213 g/mol. The number of nitrogens with two attached hydrogens (primary N) is 1. The molecule has 0 aromatic carbocycles. The summed E-state index contributed by atoms with van der Waals surface area (Å²) < 4.78 is 5.05. The molecule has 2 saturated carbocycles. The van der Waals surface area contributed by atoms with Crippen molar-refractivity contribution in [1.29, 1.82) is 0 Å². The molecule has 0 saturated heterocycles. The normalized spacial score (nSPS) is 46.8. The Morgan fingerprint density at radius 1 is 1.47 bits per heavy atom. The summed E-state index contributed by atoms with van der Waals surface area (Å²) in [5.74, 6) is 0.227. The highest BCUT2D eigenvalue weighted by atomic mass is 16.6. The summed E-state index contributed by atoms with van der Waals surface area (Å²) in [4.78, 5) is 10.8. The van der Waals surface area contributed by atoms with Gasteiger partial charge in [-0.2, -0.15) is 0 Å². The number of amides is 1. The molecule has 0 aliphatic heterocycles. The van der Waals surface area contributed by atoms with Crippen LogP contribution >= 0.6 is 0 Å². The minimum Gasteiger partial charge on any atom is -0.443 e. The van der Waals surface area contributed by atoms with Gasteiger partial charge in [-0.15, -0.1) is 0 Å². The van der Waals surface area contributed by atoms with E-state index in [4.69, 9.17) is 10.5 Å². The van der Waals surface area contributed by atoms with Crippen molar-refractivity contribution >= 4 is 6.09 Å². The average Bonchev–Trinajstić information content (AvgIpc) is 2.40. The van der Waals surface area contributed by atoms with E-state index in [-0.39, 0.29) is 16.7 Å². The Hall–Kier alpha value is -0.770. The van der Waals surface area contributed by atoms with E-state index in [0.717, 1.165) is 12.8 Å². The molecule has 1 amide bonds. The first-order valence-electron chi connectivity index (χ1n) is 5.45. The third kappa shape index (κ3) is 1.14. The van der Waals surface area contributed by atoms with Crippen LogP contribution in [0, 0.1) is 16.7 Å². The Labute approximate surface area is 89.8 Å². The largest absolute Gasteiger partial charge is 0.443 e. The number of carbonyl (C=O) groups excluding carboxylic acids is 1. The van der Waals surface area contributed by atoms with E-state index in [1.165, 1.54) is 0 Å². The maximum Gasteiger partial charge on any atom is 0.404 e. The predicted octanol–water partition coefficient (Wildman–Crippen LogP) is 1.27. The van der Waals surface area contributed by atoms with Crippen LogP contribution in [0.4, 0.5) is 4.79 Å². The number of primary amides is 1. The quantitative estimate of drug-likeness (QED) is 0.689. The number of rotatable bonds is 1. The highest BCUT2D eigenvalue weighted by Gasteiger charge is 2.67. The van der Waals surface area contributed by atoms with Crippen molar-refractivity contribution in [3.8, 4) is 0 Å². The van der Waals surface area contributed by atoms with Crippen LogP contribution < -0.4 is 5.73 Å². The standard InChI is InChI=1S/C11H19NO3/c1-10(2)6-4-5-11(10,3)8(13)7(6)15-9(12)14/h6-8,13H,4-5H2,1-3H3,(H2,12,14). The van der Waals surface area contributed by atoms with Gasteiger partial charge in [-0.3, -0.25) is 0 Å². The summed E-state index contributed by atoms with van der Waals surface area (Å²) in [5.41, 5.74) is 4.88. The molecule has 2 bridgehead atoms. The van der Waals surface area contributed by atoms with Gasteiger partial charge in [0, 0.05) is 11.3 Å². The van der Waals surface area contributed by atoms with E-state index in [2.05, 4.69) is 20.8 Å². The molecule has 4 heteroatoms. The minimum absolute atomic E-state index is 0.00648. The summed E-state index contributed by atoms with van der Waals surface area (Å²) in [6.45, 7) is 6.35. The molecular weight excluding hydrogens is 194 g/mol. The molecule has 4 atom stereocenters. The summed E-state index contributed by atoms with van der Waals surface area (Å²) in [5, 5.41) is 10.2. The van der Waals surface area contributed by atoms with Crippen LogP contribution in [0.25, 0.3) is 0 Å². The van der Waals surface area contributed by atoms with E-state index in [9.17, 15) is 9.90 Å². The van der Waals surface area contributed by atoms with Crippen molar-refractivity contribution in [2.75, 3.05) is 0 Å². The summed E-state index contributed by atoms with van der Waals surface area (Å²) in [7, 11) is 0. The SMILES string of the molecule is CC1(C)C2CCC1(C)C(O)C2OC(N)=O. The highest BCUT2D eigenvalue weighted by Crippen LogP contribution is 2.65. The fraction of sp³-hybridized carbons (Fsp3) is 0.909. The third-order valence-electron chi connectivity index (χ3n) is 4.99. The molecule has 0 aromatic heterocycles. The second-order valence-electron chi connectivity index (χ2n) is 5.63. The molecule has 2 rings (SSSR count). The lowest BCUT2D eigenvalue weighted by Gasteiger charge is -2.36. The zero-order valence-electron chi connectivity index (χ0n) is 9.49. The molecule has 15 heavy (non-hydrogen) atoms. The maximum atomic E-state index is 10.8. The van der Waals surface area contributed by atoms with Crippen LogP contribution in [0.5, 0.6) is 0 Å². The Kier molecular flexibility index (Phi) is 2.06. The third-order valence-corrected chi connectivity index (χ3v) is 4.99. The van der Waals surface area contributed by atoms with E-state index in [0.29, 0.717) is 0 Å². The topological polar surface area (TPSA) is 72.6 Å². The number of fused-ring (bicyclic) bond motifs is 2. The lowest BCUT2D eigenvalue weighted by molar-refractivity contribution is -0.0549. The van der Waals surface area contributed by atoms with Crippen molar-refractivity contribution in [3.05, 3.63) is 0 Å². The van der Waals surface area contributed by atoms with Gasteiger partial charge in [-0.1, -0.05) is 20.8 Å². The molecule has 2 fully saturated rings. The number of ether oxygens (including phenoxy) is 1. The van der Waals surface area contributed by atoms with E-state index >= 15 is 0 Å². The van der Waals surface area contributed by atoms with Gasteiger partial charge in [0.15, 0.2) is 0 Å². The van der Waals surface area contributed by atoms with Crippen molar-refractivity contribution in [3.63, 3.8) is 0 Å². The number of aliphatic hydroxyl groups excluding tert-OH is 1. The highest BCUT2D eigenvalue weighted by molar-refractivity contribution is 5.65. The number of carbonyl (C=O) groups is 1. The number of hydrogen-bond acceptors (Lipinski definition) is 3. The van der Waals surface area contributed by atoms with Gasteiger partial charge in [-0.25, -0.2) is 4.79 Å². The molecule has 4 unspecified atom stereocenters. The lowest BCUT2D eigenvalue weighted by atomic mass is 9.70. The van der Waals surface area contributed by atoms with Gasteiger partial charge < -0.3 is 15.6 Å². The number of hydrogen-bond donors (Lipinski definition) is 2. The van der Waals surface area contributed by atoms with Gasteiger partial charge in [-0.05, 0) is 18.3 Å². The van der Waals surface area contributed by atoms with Crippen LogP contribution in [0.3, 0.4) is 0 Å². The van der Waals surface area contributed by atoms with Crippen LogP contribution in [-0.4, -0.2) is 23.4 Å². The fourth-order valence-corrected chi connectivity index (χ4v) is 3.53. The molecule has 4 nitrogen and oxygen atoms in total. The zero-order valence-corrected chi connectivity index (χ0v) is 9.49. The Balaban J connectivity index is 2.29. The first kappa shape index (κ1) is 10.7. The van der Waals surface area contributed by atoms with Crippen molar-refractivity contribution in [2.45, 2.75) is 45.8 Å². The van der Waals surface area contributed by atoms with Crippen LogP contribution in [0.1, 0.15) is 33.6 Å². The van der Waals surface area contributed by atoms with Gasteiger partial charge in [0.25, 0.3) is 0 Å². The first-order valence-corrected chi connectivity index (χ1v) is 5.45. The molecule has 2 aliphatic carbocycles. The number of aliphatic hydroxyl groups is 1. The van der Waals surface area contributed by atoms with Crippen molar-refractivity contribution in [1.82, 2.24) is 0 Å². The maximum absolute atomic E-state index is 10.8. The van der Waals surface area contributed by atoms with Crippen molar-refractivity contribution < 1.29 is 14.6 Å². The molecular formula is C11H19NO3. The van der Waals surface area contributed by atoms with E-state index in [1.54, 1.807) is 0 Å². The lowest BCUT2D eigenvalue weighted by Crippen LogP contribution is -2.42. The van der Waals surface area contributed by atoms with Crippen LogP contribution in [0.15, 0.2) is 0 Å². The average molecular weight is 213 g/mol. The second-order valence-corrected chi connectivity index (χ2v) is 5.63. The molecule has 0 radical (unpaired) electrons. The van der Waals surface area contributed by atoms with E-state index < -0.39 is 18.3 Å². The second kappa shape index (κ2) is 2.88. The van der Waals surface area contributed by atoms with Crippen LogP contribution in [-0.2, 0) is 4.74 Å². The molecule has 86 valence electrons. The van der Waals surface area contributed by atoms with E-state index in [1.807, 2.05) is 0 Å². The molecule has 0 spiro atoms. The Morgan fingerprint density at radius 2 is 2.07 bits per heavy atom. The summed E-state index contributed by atoms with van der Waals surface area (Å²) in [6, 6.07) is 0. The smallest absolute Gasteiger partial charge is 0.404 e.